The van der Waals surface area contributed by atoms with Gasteiger partial charge in [-0.1, -0.05) is 58.0 Å². The van der Waals surface area contributed by atoms with Crippen molar-refractivity contribution in [1.29, 1.82) is 0 Å². The van der Waals surface area contributed by atoms with Crippen molar-refractivity contribution in [2.75, 3.05) is 7.11 Å². The van der Waals surface area contributed by atoms with E-state index in [1.54, 1.807) is 0 Å². The van der Waals surface area contributed by atoms with E-state index >= 15 is 0 Å². The fourth-order valence-corrected chi connectivity index (χ4v) is 3.55. The molecule has 3 heteroatoms. The number of esters is 1. The second-order valence-corrected chi connectivity index (χ2v) is 7.50. The van der Waals surface area contributed by atoms with Crippen LogP contribution >= 0.6 is 11.8 Å². The highest BCUT2D eigenvalue weighted by Gasteiger charge is 2.29. The fourth-order valence-electron chi connectivity index (χ4n) is 2.28. The maximum atomic E-state index is 11.2. The zero-order valence-corrected chi connectivity index (χ0v) is 14.4. The molecule has 0 bridgehead atoms. The number of methoxy groups -OCH3 is 1. The van der Waals surface area contributed by atoms with E-state index in [0.29, 0.717) is 17.6 Å². The van der Waals surface area contributed by atoms with Crippen molar-refractivity contribution < 1.29 is 9.53 Å². The fraction of sp³-hybridized carbons (Fsp3) is 0.500. The molecule has 1 rings (SSSR count). The molecule has 0 radical (unpaired) electrons. The maximum absolute atomic E-state index is 11.2. The monoisotopic (exact) mass is 306 g/mol. The van der Waals surface area contributed by atoms with Gasteiger partial charge in [0.1, 0.15) is 0 Å². The van der Waals surface area contributed by atoms with Gasteiger partial charge >= 0.3 is 5.97 Å². The molecule has 116 valence electrons. The molecule has 21 heavy (non-hydrogen) atoms. The Morgan fingerprint density at radius 3 is 2.43 bits per heavy atom. The molecular formula is C18H26O2S. The summed E-state index contributed by atoms with van der Waals surface area (Å²) in [5.74, 6) is 0.182. The standard InChI is InChI=1S/C18H26O2S/c1-14(10-9-13-16(19)20-5)17(18(2,3)4)21-15-11-7-6-8-12-15/h6-12,14,17H,13H2,1-5H3/b10-9+/t14-,17+/m0/s1. The van der Waals surface area contributed by atoms with E-state index in [-0.39, 0.29) is 11.4 Å². The number of hydrogen-bond donors (Lipinski definition) is 0. The molecule has 0 amide bonds. The third-order valence-corrected chi connectivity index (χ3v) is 5.22. The van der Waals surface area contributed by atoms with Gasteiger partial charge in [-0.2, -0.15) is 0 Å². The molecule has 0 saturated carbocycles. The quantitative estimate of drug-likeness (QED) is 0.422. The SMILES string of the molecule is COC(=O)C/C=C/[C@H](C)[C@@H](Sc1ccccc1)C(C)(C)C. The van der Waals surface area contributed by atoms with Crippen LogP contribution in [0.5, 0.6) is 0 Å². The Balaban J connectivity index is 2.76. The van der Waals surface area contributed by atoms with Crippen LogP contribution in [0.15, 0.2) is 47.4 Å². The van der Waals surface area contributed by atoms with Crippen molar-refractivity contribution >= 4 is 17.7 Å². The normalized spacial score (nSPS) is 14.9. The maximum Gasteiger partial charge on any atom is 0.309 e. The van der Waals surface area contributed by atoms with E-state index in [0.717, 1.165) is 0 Å². The van der Waals surface area contributed by atoms with Crippen LogP contribution in [-0.4, -0.2) is 18.3 Å². The van der Waals surface area contributed by atoms with E-state index in [1.807, 2.05) is 23.9 Å². The molecule has 0 aliphatic carbocycles. The van der Waals surface area contributed by atoms with Gasteiger partial charge in [-0.3, -0.25) is 4.79 Å². The molecule has 0 fully saturated rings. The zero-order valence-electron chi connectivity index (χ0n) is 13.6. The van der Waals surface area contributed by atoms with E-state index in [1.165, 1.54) is 12.0 Å². The first kappa shape index (κ1) is 17.8. The highest BCUT2D eigenvalue weighted by Crippen LogP contribution is 2.40. The van der Waals surface area contributed by atoms with Crippen LogP contribution in [0.3, 0.4) is 0 Å². The first-order chi connectivity index (χ1) is 9.84. The minimum atomic E-state index is -0.193. The summed E-state index contributed by atoms with van der Waals surface area (Å²) in [5.41, 5.74) is 0.176. The molecule has 1 aromatic rings. The van der Waals surface area contributed by atoms with Crippen molar-refractivity contribution in [2.24, 2.45) is 11.3 Å². The van der Waals surface area contributed by atoms with Crippen LogP contribution in [0.25, 0.3) is 0 Å². The van der Waals surface area contributed by atoms with Gasteiger partial charge in [0.05, 0.1) is 13.5 Å². The van der Waals surface area contributed by atoms with E-state index in [9.17, 15) is 4.79 Å². The second-order valence-electron chi connectivity index (χ2n) is 6.29. The van der Waals surface area contributed by atoms with Gasteiger partial charge in [0, 0.05) is 10.1 Å². The Morgan fingerprint density at radius 1 is 1.29 bits per heavy atom. The number of ether oxygens (including phenoxy) is 1. The van der Waals surface area contributed by atoms with Gasteiger partial charge in [0.25, 0.3) is 0 Å². The lowest BCUT2D eigenvalue weighted by Gasteiger charge is -2.34. The number of carbonyl (C=O) groups excluding carboxylic acids is 1. The first-order valence-electron chi connectivity index (χ1n) is 7.29. The summed E-state index contributed by atoms with van der Waals surface area (Å²) in [4.78, 5) is 12.5. The lowest BCUT2D eigenvalue weighted by molar-refractivity contribution is -0.139. The molecule has 0 aliphatic heterocycles. The Morgan fingerprint density at radius 2 is 1.90 bits per heavy atom. The zero-order chi connectivity index (χ0) is 15.9. The van der Waals surface area contributed by atoms with Gasteiger partial charge in [0.2, 0.25) is 0 Å². The van der Waals surface area contributed by atoms with Crippen molar-refractivity contribution in [3.8, 4) is 0 Å². The van der Waals surface area contributed by atoms with Crippen LogP contribution in [0.4, 0.5) is 0 Å². The van der Waals surface area contributed by atoms with Gasteiger partial charge < -0.3 is 4.74 Å². The molecular weight excluding hydrogens is 280 g/mol. The summed E-state index contributed by atoms with van der Waals surface area (Å²) in [6.07, 6.45) is 4.39. The van der Waals surface area contributed by atoms with Crippen LogP contribution < -0.4 is 0 Å². The van der Waals surface area contributed by atoms with Crippen molar-refractivity contribution in [3.05, 3.63) is 42.5 Å². The van der Waals surface area contributed by atoms with Crippen LogP contribution in [0.1, 0.15) is 34.1 Å². The van der Waals surface area contributed by atoms with E-state index in [2.05, 4.69) is 62.8 Å². The molecule has 0 saturated heterocycles. The number of hydrogen-bond acceptors (Lipinski definition) is 3. The van der Waals surface area contributed by atoms with Gasteiger partial charge in [-0.25, -0.2) is 0 Å². The summed E-state index contributed by atoms with van der Waals surface area (Å²) < 4.78 is 4.66. The molecule has 0 unspecified atom stereocenters. The number of benzene rings is 1. The second kappa shape index (κ2) is 8.28. The van der Waals surface area contributed by atoms with E-state index < -0.39 is 0 Å². The highest BCUT2D eigenvalue weighted by atomic mass is 32.2. The predicted octanol–water partition coefficient (Wildman–Crippen LogP) is 4.95. The summed E-state index contributed by atoms with van der Waals surface area (Å²) in [6, 6.07) is 10.5. The topological polar surface area (TPSA) is 26.3 Å². The average Bonchev–Trinajstić information content (AvgIpc) is 2.44. The van der Waals surface area contributed by atoms with Crippen LogP contribution in [0.2, 0.25) is 0 Å². The smallest absolute Gasteiger partial charge is 0.309 e. The third kappa shape index (κ3) is 6.38. The van der Waals surface area contributed by atoms with Gasteiger partial charge in [-0.05, 0) is 23.5 Å². The Labute approximate surface area is 133 Å². The minimum absolute atomic E-state index is 0.176. The lowest BCUT2D eigenvalue weighted by atomic mass is 9.84. The molecule has 0 N–H and O–H groups in total. The Kier molecular flexibility index (Phi) is 7.03. The molecule has 0 aliphatic rings. The first-order valence-corrected chi connectivity index (χ1v) is 8.17. The third-order valence-electron chi connectivity index (χ3n) is 3.29. The summed E-state index contributed by atoms with van der Waals surface area (Å²) >= 11 is 1.90. The Bertz CT molecular complexity index is 460. The number of rotatable bonds is 6. The Hall–Kier alpha value is -1.22. The van der Waals surface area contributed by atoms with E-state index in [4.69, 9.17) is 0 Å². The van der Waals surface area contributed by atoms with Crippen LogP contribution in [0, 0.1) is 11.3 Å². The number of thioether (sulfide) groups is 1. The lowest BCUT2D eigenvalue weighted by Crippen LogP contribution is -2.28. The average molecular weight is 306 g/mol. The molecule has 2 atom stereocenters. The number of allylic oxidation sites excluding steroid dienone is 1. The summed E-state index contributed by atoms with van der Waals surface area (Å²) in [7, 11) is 1.42. The largest absolute Gasteiger partial charge is 0.469 e. The van der Waals surface area contributed by atoms with Gasteiger partial charge in [0.15, 0.2) is 0 Å². The molecule has 2 nitrogen and oxygen atoms in total. The van der Waals surface area contributed by atoms with Crippen molar-refractivity contribution in [1.82, 2.24) is 0 Å². The summed E-state index contributed by atoms with van der Waals surface area (Å²) in [5, 5.41) is 0.439. The molecule has 0 aromatic heterocycles. The molecule has 0 spiro atoms. The number of carbonyl (C=O) groups is 1. The predicted molar refractivity (Wildman–Crippen MR) is 90.5 cm³/mol. The molecule has 0 heterocycles. The highest BCUT2D eigenvalue weighted by molar-refractivity contribution is 8.00. The molecule has 1 aromatic carbocycles. The van der Waals surface area contributed by atoms with Crippen molar-refractivity contribution in [3.63, 3.8) is 0 Å². The van der Waals surface area contributed by atoms with Crippen LogP contribution in [-0.2, 0) is 9.53 Å². The minimum Gasteiger partial charge on any atom is -0.469 e. The van der Waals surface area contributed by atoms with Gasteiger partial charge in [-0.15, -0.1) is 11.8 Å². The van der Waals surface area contributed by atoms with Crippen molar-refractivity contribution in [2.45, 2.75) is 44.3 Å². The summed E-state index contributed by atoms with van der Waals surface area (Å²) in [6.45, 7) is 8.99.